The van der Waals surface area contributed by atoms with E-state index in [4.69, 9.17) is 4.74 Å². The molecule has 0 spiro atoms. The van der Waals surface area contributed by atoms with Gasteiger partial charge < -0.3 is 10.1 Å². The summed E-state index contributed by atoms with van der Waals surface area (Å²) >= 11 is 0. The van der Waals surface area contributed by atoms with Crippen molar-refractivity contribution < 1.29 is 9.53 Å². The van der Waals surface area contributed by atoms with Crippen molar-refractivity contribution in [2.24, 2.45) is 5.92 Å². The molecule has 1 N–H and O–H groups in total. The lowest BCUT2D eigenvalue weighted by atomic mass is 9.87. The molecule has 2 aromatic rings. The fourth-order valence-electron chi connectivity index (χ4n) is 3.90. The summed E-state index contributed by atoms with van der Waals surface area (Å²) in [5.74, 6) is 1.60. The monoisotopic (exact) mass is 351 g/mol. The van der Waals surface area contributed by atoms with E-state index in [-0.39, 0.29) is 17.7 Å². The van der Waals surface area contributed by atoms with Gasteiger partial charge in [-0.25, -0.2) is 0 Å². The maximum Gasteiger partial charge on any atom is 0.223 e. The number of carbonyl (C=O) groups excluding carboxylic acids is 1. The second kappa shape index (κ2) is 9.42. The first-order valence-corrected chi connectivity index (χ1v) is 9.74. The van der Waals surface area contributed by atoms with Crippen molar-refractivity contribution in [1.29, 1.82) is 0 Å². The third-order valence-electron chi connectivity index (χ3n) is 5.43. The van der Waals surface area contributed by atoms with Gasteiger partial charge in [0, 0.05) is 18.4 Å². The molecule has 0 aromatic heterocycles. The van der Waals surface area contributed by atoms with E-state index in [0.717, 1.165) is 25.0 Å². The van der Waals surface area contributed by atoms with Crippen LogP contribution in [0.2, 0.25) is 0 Å². The number of hydrogen-bond acceptors (Lipinski definition) is 2. The van der Waals surface area contributed by atoms with Crippen LogP contribution in [0.15, 0.2) is 54.6 Å². The SMILES string of the molecule is COc1ccc(C(CCNC(=O)C2CCCCC2)c2ccccc2)cc1. The molecule has 1 unspecified atom stereocenters. The summed E-state index contributed by atoms with van der Waals surface area (Å²) in [6.45, 7) is 0.709. The Morgan fingerprint density at radius 1 is 1.00 bits per heavy atom. The zero-order valence-electron chi connectivity index (χ0n) is 15.6. The van der Waals surface area contributed by atoms with Crippen LogP contribution in [-0.4, -0.2) is 19.6 Å². The van der Waals surface area contributed by atoms with E-state index in [9.17, 15) is 4.79 Å². The summed E-state index contributed by atoms with van der Waals surface area (Å²) in [4.78, 5) is 12.4. The summed E-state index contributed by atoms with van der Waals surface area (Å²) < 4.78 is 5.28. The molecule has 1 aliphatic carbocycles. The molecule has 0 saturated heterocycles. The second-order valence-electron chi connectivity index (χ2n) is 7.15. The number of ether oxygens (including phenoxy) is 1. The fraction of sp³-hybridized carbons (Fsp3) is 0.435. The number of amides is 1. The van der Waals surface area contributed by atoms with Gasteiger partial charge in [0.05, 0.1) is 7.11 Å². The summed E-state index contributed by atoms with van der Waals surface area (Å²) in [5.41, 5.74) is 2.54. The third kappa shape index (κ3) is 4.87. The van der Waals surface area contributed by atoms with E-state index in [1.807, 2.05) is 18.2 Å². The molecule has 3 heteroatoms. The van der Waals surface area contributed by atoms with Gasteiger partial charge in [0.2, 0.25) is 5.91 Å². The minimum Gasteiger partial charge on any atom is -0.497 e. The first-order valence-electron chi connectivity index (χ1n) is 9.74. The van der Waals surface area contributed by atoms with Gasteiger partial charge in [-0.3, -0.25) is 4.79 Å². The summed E-state index contributed by atoms with van der Waals surface area (Å²) in [5, 5.41) is 3.18. The Morgan fingerprint density at radius 3 is 2.31 bits per heavy atom. The molecule has 2 aromatic carbocycles. The highest BCUT2D eigenvalue weighted by Crippen LogP contribution is 2.29. The highest BCUT2D eigenvalue weighted by atomic mass is 16.5. The molecule has 138 valence electrons. The predicted molar refractivity (Wildman–Crippen MR) is 105 cm³/mol. The van der Waals surface area contributed by atoms with Gasteiger partial charge in [0.1, 0.15) is 5.75 Å². The largest absolute Gasteiger partial charge is 0.497 e. The Kier molecular flexibility index (Phi) is 6.70. The first-order chi connectivity index (χ1) is 12.8. The zero-order chi connectivity index (χ0) is 18.2. The van der Waals surface area contributed by atoms with Crippen LogP contribution in [0.4, 0.5) is 0 Å². The summed E-state index contributed by atoms with van der Waals surface area (Å²) in [7, 11) is 1.68. The number of carbonyl (C=O) groups is 1. The smallest absolute Gasteiger partial charge is 0.223 e. The predicted octanol–water partition coefficient (Wildman–Crippen LogP) is 4.91. The molecule has 1 amide bonds. The molecule has 0 heterocycles. The average molecular weight is 351 g/mol. The quantitative estimate of drug-likeness (QED) is 0.769. The van der Waals surface area contributed by atoms with Crippen molar-refractivity contribution in [2.75, 3.05) is 13.7 Å². The van der Waals surface area contributed by atoms with Gasteiger partial charge >= 0.3 is 0 Å². The second-order valence-corrected chi connectivity index (χ2v) is 7.15. The molecule has 0 bridgehead atoms. The fourth-order valence-corrected chi connectivity index (χ4v) is 3.90. The van der Waals surface area contributed by atoms with Crippen molar-refractivity contribution >= 4 is 5.91 Å². The number of rotatable bonds is 7. The minimum absolute atomic E-state index is 0.222. The Hall–Kier alpha value is -2.29. The molecule has 1 atom stereocenters. The van der Waals surface area contributed by atoms with Crippen molar-refractivity contribution in [2.45, 2.75) is 44.4 Å². The lowest BCUT2D eigenvalue weighted by Crippen LogP contribution is -2.33. The Bertz CT molecular complexity index is 675. The van der Waals surface area contributed by atoms with Crippen LogP contribution < -0.4 is 10.1 Å². The maximum absolute atomic E-state index is 12.4. The maximum atomic E-state index is 12.4. The van der Waals surface area contributed by atoms with Crippen LogP contribution in [0.3, 0.4) is 0 Å². The summed E-state index contributed by atoms with van der Waals surface area (Å²) in [6, 6.07) is 18.8. The molecule has 3 rings (SSSR count). The Balaban J connectivity index is 1.65. The zero-order valence-corrected chi connectivity index (χ0v) is 15.6. The Morgan fingerprint density at radius 2 is 1.65 bits per heavy atom. The number of hydrogen-bond donors (Lipinski definition) is 1. The van der Waals surface area contributed by atoms with Crippen LogP contribution >= 0.6 is 0 Å². The van der Waals surface area contributed by atoms with Crippen LogP contribution in [0.25, 0.3) is 0 Å². The van der Waals surface area contributed by atoms with Crippen molar-refractivity contribution in [1.82, 2.24) is 5.32 Å². The summed E-state index contributed by atoms with van der Waals surface area (Å²) in [6.07, 6.45) is 6.65. The number of nitrogens with one attached hydrogen (secondary N) is 1. The molecule has 0 aliphatic heterocycles. The van der Waals surface area contributed by atoms with E-state index in [0.29, 0.717) is 6.54 Å². The van der Waals surface area contributed by atoms with Crippen LogP contribution in [0, 0.1) is 5.92 Å². The molecule has 0 radical (unpaired) electrons. The van der Waals surface area contributed by atoms with E-state index >= 15 is 0 Å². The topological polar surface area (TPSA) is 38.3 Å². The third-order valence-corrected chi connectivity index (χ3v) is 5.43. The molecular weight excluding hydrogens is 322 g/mol. The lowest BCUT2D eigenvalue weighted by Gasteiger charge is -2.22. The molecule has 1 aliphatic rings. The number of methoxy groups -OCH3 is 1. The van der Waals surface area contributed by atoms with E-state index < -0.39 is 0 Å². The normalized spacial score (nSPS) is 16.0. The van der Waals surface area contributed by atoms with Crippen molar-refractivity contribution in [3.05, 3.63) is 65.7 Å². The minimum atomic E-state index is 0.222. The van der Waals surface area contributed by atoms with Gasteiger partial charge in [0.15, 0.2) is 0 Å². The Labute approximate surface area is 156 Å². The number of benzene rings is 2. The van der Waals surface area contributed by atoms with Crippen molar-refractivity contribution in [3.8, 4) is 5.75 Å². The molecular formula is C23H29NO2. The van der Waals surface area contributed by atoms with Gasteiger partial charge in [-0.05, 0) is 42.5 Å². The van der Waals surface area contributed by atoms with Crippen LogP contribution in [0.1, 0.15) is 55.6 Å². The first kappa shape index (κ1) is 18.5. The van der Waals surface area contributed by atoms with E-state index in [1.54, 1.807) is 7.11 Å². The van der Waals surface area contributed by atoms with Crippen LogP contribution in [0.5, 0.6) is 5.75 Å². The standard InChI is InChI=1S/C23H29NO2/c1-26-21-14-12-19(13-15-21)22(18-8-4-2-5-9-18)16-17-24-23(25)20-10-6-3-7-11-20/h2,4-5,8-9,12-15,20,22H,3,6-7,10-11,16-17H2,1H3,(H,24,25). The van der Waals surface area contributed by atoms with Crippen molar-refractivity contribution in [3.63, 3.8) is 0 Å². The lowest BCUT2D eigenvalue weighted by molar-refractivity contribution is -0.125. The van der Waals surface area contributed by atoms with Gasteiger partial charge in [-0.1, -0.05) is 61.7 Å². The van der Waals surface area contributed by atoms with Gasteiger partial charge in [-0.2, -0.15) is 0 Å². The van der Waals surface area contributed by atoms with Gasteiger partial charge in [0.25, 0.3) is 0 Å². The van der Waals surface area contributed by atoms with E-state index in [1.165, 1.54) is 30.4 Å². The molecule has 1 fully saturated rings. The van der Waals surface area contributed by atoms with Crippen LogP contribution in [-0.2, 0) is 4.79 Å². The molecule has 3 nitrogen and oxygen atoms in total. The highest BCUT2D eigenvalue weighted by Gasteiger charge is 2.21. The molecule has 1 saturated carbocycles. The highest BCUT2D eigenvalue weighted by molar-refractivity contribution is 5.78. The van der Waals surface area contributed by atoms with E-state index in [2.05, 4.69) is 41.7 Å². The molecule has 26 heavy (non-hydrogen) atoms. The van der Waals surface area contributed by atoms with Gasteiger partial charge in [-0.15, -0.1) is 0 Å². The average Bonchev–Trinajstić information content (AvgIpc) is 2.72.